The second-order valence-corrected chi connectivity index (χ2v) is 8.68. The number of hydrazone groups is 1. The van der Waals surface area contributed by atoms with Gasteiger partial charge in [0, 0.05) is 55.8 Å². The summed E-state index contributed by atoms with van der Waals surface area (Å²) >= 11 is 1.50. The normalized spacial score (nSPS) is 11.3. The Labute approximate surface area is 193 Å². The monoisotopic (exact) mass is 461 g/mol. The van der Waals surface area contributed by atoms with Crippen molar-refractivity contribution in [2.45, 2.75) is 13.0 Å². The minimum Gasteiger partial charge on any atom is -0.398 e. The molecule has 0 bridgehead atoms. The van der Waals surface area contributed by atoms with E-state index in [0.717, 1.165) is 27.1 Å². The van der Waals surface area contributed by atoms with Gasteiger partial charge in [-0.15, -0.1) is 11.3 Å². The number of H-pyrrole nitrogens is 1. The van der Waals surface area contributed by atoms with Crippen molar-refractivity contribution in [2.75, 3.05) is 12.8 Å². The van der Waals surface area contributed by atoms with E-state index in [9.17, 15) is 9.59 Å². The fourth-order valence-electron chi connectivity index (χ4n) is 3.63. The van der Waals surface area contributed by atoms with Crippen LogP contribution in [0.5, 0.6) is 0 Å². The predicted molar refractivity (Wildman–Crippen MR) is 132 cm³/mol. The van der Waals surface area contributed by atoms with Crippen molar-refractivity contribution >= 4 is 46.1 Å². The van der Waals surface area contributed by atoms with Crippen LogP contribution in [0.15, 0.2) is 46.4 Å². The molecule has 0 fully saturated rings. The second kappa shape index (κ2) is 9.21. The summed E-state index contributed by atoms with van der Waals surface area (Å²) in [6.45, 7) is 0.457. The van der Waals surface area contributed by atoms with Crippen LogP contribution in [-0.2, 0) is 20.0 Å². The zero-order valence-electron chi connectivity index (χ0n) is 18.2. The lowest BCUT2D eigenvalue weighted by molar-refractivity contribution is 0.111. The number of anilines is 1. The Kier molecular flexibility index (Phi) is 6.18. The predicted octanol–water partition coefficient (Wildman–Crippen LogP) is 2.77. The molecule has 0 aliphatic rings. The maximum Gasteiger partial charge on any atom is 0.247 e. The van der Waals surface area contributed by atoms with Crippen LogP contribution in [-0.4, -0.2) is 45.3 Å². The van der Waals surface area contributed by atoms with Crippen LogP contribution in [0.4, 0.5) is 5.69 Å². The average molecular weight is 462 g/mol. The molecule has 0 spiro atoms. The second-order valence-electron chi connectivity index (χ2n) is 7.60. The summed E-state index contributed by atoms with van der Waals surface area (Å²) in [6.07, 6.45) is 5.98. The third-order valence-corrected chi connectivity index (χ3v) is 6.40. The van der Waals surface area contributed by atoms with Crippen molar-refractivity contribution in [3.8, 4) is 0 Å². The highest BCUT2D eigenvalue weighted by atomic mass is 32.1. The van der Waals surface area contributed by atoms with Gasteiger partial charge >= 0.3 is 0 Å². The van der Waals surface area contributed by atoms with Crippen molar-refractivity contribution in [1.82, 2.24) is 19.5 Å². The Morgan fingerprint density at radius 1 is 1.30 bits per heavy atom. The van der Waals surface area contributed by atoms with Crippen molar-refractivity contribution < 1.29 is 4.79 Å². The molecule has 9 nitrogen and oxygen atoms in total. The van der Waals surface area contributed by atoms with Gasteiger partial charge in [0.05, 0.1) is 23.2 Å². The van der Waals surface area contributed by atoms with Gasteiger partial charge in [-0.05, 0) is 17.2 Å². The number of pyridine rings is 1. The van der Waals surface area contributed by atoms with E-state index >= 15 is 0 Å². The standard InChI is InChI=1S/C23H23N7O2S/c1-29(12-15-4-3-5-18(25)16(15)9-24)27-11-17-19(13-31)30(2)23-22(17)33-21(28-23)8-14-6-7-20(32)26-10-14/h3-7,9-11,13,24H,8,12,25H2,1-2H3,(H,26,32)/b24-9?,27-11-. The van der Waals surface area contributed by atoms with Crippen LogP contribution in [0.3, 0.4) is 0 Å². The Bertz CT molecular complexity index is 1410. The van der Waals surface area contributed by atoms with Gasteiger partial charge in [0.2, 0.25) is 5.56 Å². The number of hydrogen-bond donors (Lipinski definition) is 3. The van der Waals surface area contributed by atoms with Gasteiger partial charge in [-0.1, -0.05) is 18.2 Å². The number of nitrogens with zero attached hydrogens (tertiary/aromatic N) is 4. The summed E-state index contributed by atoms with van der Waals surface area (Å²) in [6, 6.07) is 8.79. The van der Waals surface area contributed by atoms with E-state index in [1.54, 1.807) is 41.2 Å². The molecule has 4 N–H and O–H groups in total. The van der Waals surface area contributed by atoms with Gasteiger partial charge in [-0.25, -0.2) is 4.98 Å². The lowest BCUT2D eigenvalue weighted by Crippen LogP contribution is -2.13. The molecule has 0 saturated carbocycles. The van der Waals surface area contributed by atoms with Gasteiger partial charge < -0.3 is 20.7 Å². The van der Waals surface area contributed by atoms with Gasteiger partial charge in [0.15, 0.2) is 11.9 Å². The van der Waals surface area contributed by atoms with E-state index in [4.69, 9.17) is 16.1 Å². The van der Waals surface area contributed by atoms with Crippen molar-refractivity contribution in [3.05, 3.63) is 79.8 Å². The molecule has 10 heteroatoms. The quantitative estimate of drug-likeness (QED) is 0.161. The molecule has 4 aromatic rings. The van der Waals surface area contributed by atoms with E-state index < -0.39 is 0 Å². The smallest absolute Gasteiger partial charge is 0.247 e. The third-order valence-electron chi connectivity index (χ3n) is 5.33. The minimum absolute atomic E-state index is 0.146. The molecule has 168 valence electrons. The van der Waals surface area contributed by atoms with Gasteiger partial charge in [0.1, 0.15) is 5.01 Å². The highest BCUT2D eigenvalue weighted by Gasteiger charge is 2.18. The maximum absolute atomic E-state index is 11.8. The number of carbonyl (C=O) groups is 1. The summed E-state index contributed by atoms with van der Waals surface area (Å²) in [5.41, 5.74) is 10.8. The Morgan fingerprint density at radius 3 is 2.82 bits per heavy atom. The number of aromatic nitrogens is 3. The minimum atomic E-state index is -0.146. The Balaban J connectivity index is 1.62. The number of benzene rings is 1. The van der Waals surface area contributed by atoms with Crippen molar-refractivity contribution in [2.24, 2.45) is 12.1 Å². The van der Waals surface area contributed by atoms with E-state index in [1.807, 2.05) is 19.2 Å². The molecule has 0 radical (unpaired) electrons. The van der Waals surface area contributed by atoms with Crippen molar-refractivity contribution in [3.63, 3.8) is 0 Å². The first-order valence-electron chi connectivity index (χ1n) is 10.1. The summed E-state index contributed by atoms with van der Waals surface area (Å²) in [4.78, 5) is 30.5. The van der Waals surface area contributed by atoms with Crippen LogP contribution >= 0.6 is 11.3 Å². The van der Waals surface area contributed by atoms with Crippen LogP contribution in [0.2, 0.25) is 0 Å². The average Bonchev–Trinajstić information content (AvgIpc) is 3.31. The number of carbonyl (C=O) groups excluding carboxylic acids is 1. The van der Waals surface area contributed by atoms with E-state index in [1.165, 1.54) is 23.6 Å². The molecule has 0 aliphatic heterocycles. The SMILES string of the molecule is CN(Cc1cccc(N)c1C=N)/N=C\c1c(C=O)n(C)c2nc(Cc3ccc(=O)[nH]c3)sc12. The Morgan fingerprint density at radius 2 is 2.12 bits per heavy atom. The molecule has 0 unspecified atom stereocenters. The molecule has 1 aromatic carbocycles. The number of fused-ring (bicyclic) bond motifs is 1. The van der Waals surface area contributed by atoms with E-state index in [-0.39, 0.29) is 5.56 Å². The van der Waals surface area contributed by atoms with Gasteiger partial charge in [0.25, 0.3) is 0 Å². The largest absolute Gasteiger partial charge is 0.398 e. The third kappa shape index (κ3) is 4.46. The summed E-state index contributed by atoms with van der Waals surface area (Å²) in [5.74, 6) is 0. The summed E-state index contributed by atoms with van der Waals surface area (Å²) in [7, 11) is 3.63. The number of aromatic amines is 1. The highest BCUT2D eigenvalue weighted by Crippen LogP contribution is 2.30. The number of aryl methyl sites for hydroxylation is 1. The molecule has 33 heavy (non-hydrogen) atoms. The number of hydrogen-bond acceptors (Lipinski definition) is 8. The van der Waals surface area contributed by atoms with Crippen molar-refractivity contribution in [1.29, 1.82) is 5.41 Å². The van der Waals surface area contributed by atoms with Crippen LogP contribution in [0.25, 0.3) is 10.3 Å². The molecule has 3 aromatic heterocycles. The highest BCUT2D eigenvalue weighted by molar-refractivity contribution is 7.19. The zero-order valence-corrected chi connectivity index (χ0v) is 19.0. The van der Waals surface area contributed by atoms with Gasteiger partial charge in [-0.3, -0.25) is 14.6 Å². The number of nitrogens with two attached hydrogens (primary N) is 1. The lowest BCUT2D eigenvalue weighted by atomic mass is 10.1. The molecule has 4 rings (SSSR count). The zero-order chi connectivity index (χ0) is 23.5. The Hall–Kier alpha value is -4.05. The molecule has 0 amide bonds. The fraction of sp³-hybridized carbons (Fsp3) is 0.174. The molecule has 0 atom stereocenters. The van der Waals surface area contributed by atoms with Gasteiger partial charge in [-0.2, -0.15) is 5.10 Å². The molecule has 3 heterocycles. The number of rotatable bonds is 8. The van der Waals surface area contributed by atoms with Crippen LogP contribution < -0.4 is 11.3 Å². The fourth-order valence-corrected chi connectivity index (χ4v) is 4.78. The number of nitrogens with one attached hydrogen (secondary N) is 2. The number of thiazole rings is 1. The van der Waals surface area contributed by atoms with E-state index in [0.29, 0.717) is 41.1 Å². The van der Waals surface area contributed by atoms with E-state index in [2.05, 4.69) is 10.1 Å². The molecular weight excluding hydrogens is 438 g/mol. The first kappa shape index (κ1) is 22.2. The maximum atomic E-state index is 11.8. The number of nitrogen functional groups attached to an aromatic ring is 1. The first-order chi connectivity index (χ1) is 15.9. The molecular formula is C23H23N7O2S. The van der Waals surface area contributed by atoms with Crippen LogP contribution in [0, 0.1) is 5.41 Å². The topological polar surface area (TPSA) is 133 Å². The lowest BCUT2D eigenvalue weighted by Gasteiger charge is -2.15. The number of aldehydes is 1. The molecule has 0 saturated heterocycles. The summed E-state index contributed by atoms with van der Waals surface area (Å²) in [5, 5.41) is 14.8. The first-order valence-corrected chi connectivity index (χ1v) is 11.0. The summed E-state index contributed by atoms with van der Waals surface area (Å²) < 4.78 is 2.64. The molecule has 0 aliphatic carbocycles. The van der Waals surface area contributed by atoms with Crippen LogP contribution in [0.1, 0.15) is 37.7 Å².